The molecule has 1 aromatic carbocycles. The summed E-state index contributed by atoms with van der Waals surface area (Å²) in [6, 6.07) is 4.41. The van der Waals surface area contributed by atoms with Crippen LogP contribution in [0.3, 0.4) is 0 Å². The van der Waals surface area contributed by atoms with Crippen molar-refractivity contribution in [2.24, 2.45) is 5.73 Å². The molecule has 0 aliphatic heterocycles. The molecule has 0 atom stereocenters. The molecule has 0 amide bonds. The van der Waals surface area contributed by atoms with Crippen molar-refractivity contribution < 1.29 is 4.74 Å². The third-order valence-electron chi connectivity index (χ3n) is 2.85. The van der Waals surface area contributed by atoms with Gasteiger partial charge in [0.05, 0.1) is 7.11 Å². The van der Waals surface area contributed by atoms with Crippen LogP contribution in [0.25, 0.3) is 0 Å². The van der Waals surface area contributed by atoms with E-state index in [1.807, 2.05) is 0 Å². The van der Waals surface area contributed by atoms with E-state index in [1.165, 1.54) is 16.7 Å². The smallest absolute Gasteiger partial charge is 0.125 e. The summed E-state index contributed by atoms with van der Waals surface area (Å²) in [5.74, 6) is 1.48. The number of aryl methyl sites for hydroxylation is 1. The molecule has 0 bridgehead atoms. The fraction of sp³-hybridized carbons (Fsp3) is 0.600. The van der Waals surface area contributed by atoms with E-state index >= 15 is 0 Å². The SMILES string of the molecule is COc1c(C)cc(CC(C)(C)N)cc1C(C)C. The second-order valence-electron chi connectivity index (χ2n) is 5.86. The van der Waals surface area contributed by atoms with Crippen molar-refractivity contribution in [2.45, 2.75) is 52.5 Å². The second-order valence-corrected chi connectivity index (χ2v) is 5.86. The summed E-state index contributed by atoms with van der Waals surface area (Å²) in [5.41, 5.74) is 9.67. The van der Waals surface area contributed by atoms with Gasteiger partial charge in [-0.3, -0.25) is 0 Å². The Kier molecular flexibility index (Phi) is 4.21. The topological polar surface area (TPSA) is 35.2 Å². The van der Waals surface area contributed by atoms with Crippen molar-refractivity contribution in [3.05, 3.63) is 28.8 Å². The van der Waals surface area contributed by atoms with Gasteiger partial charge < -0.3 is 10.5 Å². The minimum absolute atomic E-state index is 0.171. The van der Waals surface area contributed by atoms with E-state index in [0.717, 1.165) is 12.2 Å². The first-order valence-electron chi connectivity index (χ1n) is 6.21. The lowest BCUT2D eigenvalue weighted by Gasteiger charge is -2.21. The summed E-state index contributed by atoms with van der Waals surface area (Å²) in [4.78, 5) is 0. The van der Waals surface area contributed by atoms with Gasteiger partial charge in [-0.05, 0) is 49.8 Å². The summed E-state index contributed by atoms with van der Waals surface area (Å²) in [6.45, 7) is 10.6. The Morgan fingerprint density at radius 2 is 1.88 bits per heavy atom. The van der Waals surface area contributed by atoms with E-state index in [1.54, 1.807) is 7.11 Å². The average molecular weight is 235 g/mol. The van der Waals surface area contributed by atoms with Crippen molar-refractivity contribution in [3.63, 3.8) is 0 Å². The molecule has 1 rings (SSSR count). The lowest BCUT2D eigenvalue weighted by Crippen LogP contribution is -2.34. The summed E-state index contributed by atoms with van der Waals surface area (Å²) >= 11 is 0. The molecule has 2 nitrogen and oxygen atoms in total. The number of methoxy groups -OCH3 is 1. The lowest BCUT2D eigenvalue weighted by atomic mass is 9.90. The van der Waals surface area contributed by atoms with Crippen molar-refractivity contribution in [1.82, 2.24) is 0 Å². The number of nitrogens with two attached hydrogens (primary N) is 1. The Bertz CT molecular complexity index is 389. The van der Waals surface area contributed by atoms with Crippen molar-refractivity contribution >= 4 is 0 Å². The first kappa shape index (κ1) is 14.0. The zero-order chi connectivity index (χ0) is 13.2. The highest BCUT2D eigenvalue weighted by Crippen LogP contribution is 2.31. The maximum atomic E-state index is 6.08. The van der Waals surface area contributed by atoms with Gasteiger partial charge in [-0.2, -0.15) is 0 Å². The molecule has 0 heterocycles. The molecule has 0 unspecified atom stereocenters. The zero-order valence-corrected chi connectivity index (χ0v) is 11.9. The van der Waals surface area contributed by atoms with Gasteiger partial charge in [-0.25, -0.2) is 0 Å². The van der Waals surface area contributed by atoms with Gasteiger partial charge in [0, 0.05) is 5.54 Å². The van der Waals surface area contributed by atoms with Crippen LogP contribution in [0.4, 0.5) is 0 Å². The van der Waals surface area contributed by atoms with Gasteiger partial charge >= 0.3 is 0 Å². The Balaban J connectivity index is 3.20. The standard InChI is InChI=1S/C15H25NO/c1-10(2)13-8-12(9-15(4,5)16)7-11(3)14(13)17-6/h7-8,10H,9,16H2,1-6H3. The quantitative estimate of drug-likeness (QED) is 0.868. The Morgan fingerprint density at radius 3 is 2.29 bits per heavy atom. The van der Waals surface area contributed by atoms with Gasteiger partial charge in [0.25, 0.3) is 0 Å². The lowest BCUT2D eigenvalue weighted by molar-refractivity contribution is 0.404. The van der Waals surface area contributed by atoms with E-state index in [9.17, 15) is 0 Å². The number of hydrogen-bond donors (Lipinski definition) is 1. The van der Waals surface area contributed by atoms with E-state index in [-0.39, 0.29) is 5.54 Å². The number of rotatable bonds is 4. The fourth-order valence-corrected chi connectivity index (χ4v) is 2.21. The Hall–Kier alpha value is -1.02. The van der Waals surface area contributed by atoms with E-state index < -0.39 is 0 Å². The van der Waals surface area contributed by atoms with Gasteiger partial charge in [0.2, 0.25) is 0 Å². The highest BCUT2D eigenvalue weighted by atomic mass is 16.5. The molecule has 0 fully saturated rings. The third-order valence-corrected chi connectivity index (χ3v) is 2.85. The van der Waals surface area contributed by atoms with Crippen LogP contribution in [0.5, 0.6) is 5.75 Å². The maximum Gasteiger partial charge on any atom is 0.125 e. The third kappa shape index (κ3) is 3.74. The normalized spacial score (nSPS) is 12.0. The predicted octanol–water partition coefficient (Wildman–Crippen LogP) is 3.41. The summed E-state index contributed by atoms with van der Waals surface area (Å²) in [5, 5.41) is 0. The van der Waals surface area contributed by atoms with E-state index in [2.05, 4.69) is 46.8 Å². The van der Waals surface area contributed by atoms with Crippen LogP contribution in [-0.4, -0.2) is 12.6 Å². The molecule has 17 heavy (non-hydrogen) atoms. The predicted molar refractivity (Wildman–Crippen MR) is 73.8 cm³/mol. The maximum absolute atomic E-state index is 6.08. The fourth-order valence-electron chi connectivity index (χ4n) is 2.21. The van der Waals surface area contributed by atoms with Crippen LogP contribution in [-0.2, 0) is 6.42 Å². The van der Waals surface area contributed by atoms with Crippen LogP contribution in [0, 0.1) is 6.92 Å². The largest absolute Gasteiger partial charge is 0.496 e. The first-order valence-corrected chi connectivity index (χ1v) is 6.21. The van der Waals surface area contributed by atoms with Crippen molar-refractivity contribution in [3.8, 4) is 5.75 Å². The molecule has 2 heteroatoms. The zero-order valence-electron chi connectivity index (χ0n) is 11.9. The molecule has 1 aromatic rings. The Labute approximate surface area is 105 Å². The highest BCUT2D eigenvalue weighted by molar-refractivity contribution is 5.46. The minimum Gasteiger partial charge on any atom is -0.496 e. The molecule has 0 saturated heterocycles. The van der Waals surface area contributed by atoms with Crippen molar-refractivity contribution in [2.75, 3.05) is 7.11 Å². The summed E-state index contributed by atoms with van der Waals surface area (Å²) in [7, 11) is 1.74. The van der Waals surface area contributed by atoms with Gasteiger partial charge in [-0.1, -0.05) is 26.0 Å². The van der Waals surface area contributed by atoms with Crippen LogP contribution in [0.1, 0.15) is 50.3 Å². The molecule has 0 radical (unpaired) electrons. The molecule has 0 saturated carbocycles. The van der Waals surface area contributed by atoms with Crippen LogP contribution < -0.4 is 10.5 Å². The summed E-state index contributed by atoms with van der Waals surface area (Å²) < 4.78 is 5.49. The molecule has 0 spiro atoms. The molecule has 2 N–H and O–H groups in total. The monoisotopic (exact) mass is 235 g/mol. The minimum atomic E-state index is -0.171. The molecule has 96 valence electrons. The number of benzene rings is 1. The second kappa shape index (κ2) is 5.09. The van der Waals surface area contributed by atoms with Crippen LogP contribution in [0.15, 0.2) is 12.1 Å². The van der Waals surface area contributed by atoms with E-state index in [0.29, 0.717) is 5.92 Å². The average Bonchev–Trinajstić information content (AvgIpc) is 2.13. The molecule has 0 aliphatic rings. The molecular formula is C15H25NO. The molecule has 0 aliphatic carbocycles. The molecule has 0 aromatic heterocycles. The number of hydrogen-bond acceptors (Lipinski definition) is 2. The summed E-state index contributed by atoms with van der Waals surface area (Å²) in [6.07, 6.45) is 0.886. The van der Waals surface area contributed by atoms with E-state index in [4.69, 9.17) is 10.5 Å². The van der Waals surface area contributed by atoms with Crippen LogP contribution in [0.2, 0.25) is 0 Å². The first-order chi connectivity index (χ1) is 7.74. The van der Waals surface area contributed by atoms with Gasteiger partial charge in [0.15, 0.2) is 0 Å². The van der Waals surface area contributed by atoms with Gasteiger partial charge in [-0.15, -0.1) is 0 Å². The highest BCUT2D eigenvalue weighted by Gasteiger charge is 2.16. The Morgan fingerprint density at radius 1 is 1.29 bits per heavy atom. The molecular weight excluding hydrogens is 210 g/mol. The van der Waals surface area contributed by atoms with Gasteiger partial charge in [0.1, 0.15) is 5.75 Å². The number of ether oxygens (including phenoxy) is 1. The van der Waals surface area contributed by atoms with Crippen LogP contribution >= 0.6 is 0 Å². The van der Waals surface area contributed by atoms with Crippen molar-refractivity contribution in [1.29, 1.82) is 0 Å².